The van der Waals surface area contributed by atoms with E-state index in [4.69, 9.17) is 0 Å². The van der Waals surface area contributed by atoms with Gasteiger partial charge in [-0.1, -0.05) is 15.9 Å². The van der Waals surface area contributed by atoms with E-state index in [1.807, 2.05) is 0 Å². The highest BCUT2D eigenvalue weighted by atomic mass is 79.9. The normalized spacial score (nSPS) is 28.4. The molecule has 2 nitrogen and oxygen atoms in total. The van der Waals surface area contributed by atoms with Crippen LogP contribution in [0.3, 0.4) is 0 Å². The van der Waals surface area contributed by atoms with Crippen molar-refractivity contribution in [3.8, 4) is 0 Å². The lowest BCUT2D eigenvalue weighted by molar-refractivity contribution is 1.12. The van der Waals surface area contributed by atoms with Crippen molar-refractivity contribution in [3.63, 3.8) is 0 Å². The van der Waals surface area contributed by atoms with E-state index < -0.39 is 0 Å². The van der Waals surface area contributed by atoms with Crippen molar-refractivity contribution >= 4 is 28.4 Å². The van der Waals surface area contributed by atoms with E-state index >= 15 is 0 Å². The molecule has 0 N–H and O–H groups in total. The van der Waals surface area contributed by atoms with Crippen molar-refractivity contribution in [3.05, 3.63) is 0 Å². The molecule has 0 amide bonds. The third kappa shape index (κ3) is 1.39. The molecule has 1 rings (SSSR count). The first-order chi connectivity index (χ1) is 3.39. The minimum Gasteiger partial charge on any atom is -0.164 e. The number of nitrogens with zero attached hydrogens (tertiary/aromatic N) is 2. The number of halogens is 1. The third-order valence-corrected chi connectivity index (χ3v) is 1.32. The van der Waals surface area contributed by atoms with Crippen LogP contribution in [0.4, 0.5) is 0 Å². The van der Waals surface area contributed by atoms with Crippen LogP contribution >= 0.6 is 15.9 Å². The molecule has 0 aromatic heterocycles. The topological polar surface area (TPSA) is 24.7 Å². The maximum absolute atomic E-state index is 3.66. The van der Waals surface area contributed by atoms with Gasteiger partial charge in [-0.2, -0.15) is 10.2 Å². The van der Waals surface area contributed by atoms with E-state index in [0.717, 1.165) is 6.42 Å². The number of hydrogen-bond donors (Lipinski definition) is 0. The summed E-state index contributed by atoms with van der Waals surface area (Å²) in [7, 11) is 0. The lowest BCUT2D eigenvalue weighted by Crippen LogP contribution is -2.02. The molecule has 0 saturated heterocycles. The van der Waals surface area contributed by atoms with Gasteiger partial charge >= 0.3 is 0 Å². The van der Waals surface area contributed by atoms with Crippen LogP contribution in [0.15, 0.2) is 10.2 Å². The standard InChI is InChI=1S/C4H5BrN2/c5-4-1-2-6-7-3-4/h2-4H,1H2. The van der Waals surface area contributed by atoms with Gasteiger partial charge in [-0.25, -0.2) is 0 Å². The van der Waals surface area contributed by atoms with Crippen LogP contribution in [-0.2, 0) is 0 Å². The van der Waals surface area contributed by atoms with E-state index in [-0.39, 0.29) is 0 Å². The van der Waals surface area contributed by atoms with E-state index in [9.17, 15) is 0 Å². The Bertz CT molecular complexity index is 108. The Morgan fingerprint density at radius 2 is 2.43 bits per heavy atom. The largest absolute Gasteiger partial charge is 0.164 e. The van der Waals surface area contributed by atoms with Crippen molar-refractivity contribution in [1.82, 2.24) is 0 Å². The Balaban J connectivity index is 2.49. The Morgan fingerprint density at radius 3 is 2.71 bits per heavy atom. The highest BCUT2D eigenvalue weighted by molar-refractivity contribution is 9.10. The number of hydrogen-bond acceptors (Lipinski definition) is 2. The van der Waals surface area contributed by atoms with Gasteiger partial charge in [-0.15, -0.1) is 0 Å². The zero-order valence-corrected chi connectivity index (χ0v) is 5.30. The molecule has 1 heterocycles. The summed E-state index contributed by atoms with van der Waals surface area (Å²) >= 11 is 3.35. The Kier molecular flexibility index (Phi) is 1.57. The zero-order valence-electron chi connectivity index (χ0n) is 3.71. The van der Waals surface area contributed by atoms with Gasteiger partial charge in [-0.05, 0) is 0 Å². The molecular weight excluding hydrogens is 156 g/mol. The SMILES string of the molecule is BrC1C=NN=CC1. The molecule has 0 aromatic rings. The quantitative estimate of drug-likeness (QED) is 0.477. The van der Waals surface area contributed by atoms with Gasteiger partial charge in [0.05, 0.1) is 4.83 Å². The van der Waals surface area contributed by atoms with Gasteiger partial charge < -0.3 is 0 Å². The minimum atomic E-state index is 0.407. The van der Waals surface area contributed by atoms with E-state index in [1.165, 1.54) is 0 Å². The summed E-state index contributed by atoms with van der Waals surface area (Å²) in [6.45, 7) is 0. The minimum absolute atomic E-state index is 0.407. The monoisotopic (exact) mass is 160 g/mol. The lowest BCUT2D eigenvalue weighted by atomic mass is 10.3. The van der Waals surface area contributed by atoms with Crippen LogP contribution in [0.25, 0.3) is 0 Å². The van der Waals surface area contributed by atoms with Crippen LogP contribution in [0.2, 0.25) is 0 Å². The smallest absolute Gasteiger partial charge is 0.0567 e. The van der Waals surface area contributed by atoms with Crippen LogP contribution in [0.1, 0.15) is 6.42 Å². The number of alkyl halides is 1. The Hall–Kier alpha value is -0.180. The average Bonchev–Trinajstić information content (AvgIpc) is 1.69. The van der Waals surface area contributed by atoms with Crippen LogP contribution in [-0.4, -0.2) is 17.3 Å². The molecule has 0 bridgehead atoms. The van der Waals surface area contributed by atoms with E-state index in [0.29, 0.717) is 4.83 Å². The Labute approximate surface area is 50.5 Å². The first-order valence-electron chi connectivity index (χ1n) is 2.08. The summed E-state index contributed by atoms with van der Waals surface area (Å²) < 4.78 is 0. The third-order valence-electron chi connectivity index (χ3n) is 0.707. The molecule has 0 spiro atoms. The molecule has 0 saturated carbocycles. The summed E-state index contributed by atoms with van der Waals surface area (Å²) in [5.41, 5.74) is 0. The van der Waals surface area contributed by atoms with Gasteiger partial charge in [0.25, 0.3) is 0 Å². The van der Waals surface area contributed by atoms with Crippen LogP contribution in [0, 0.1) is 0 Å². The molecule has 38 valence electrons. The van der Waals surface area contributed by atoms with E-state index in [2.05, 4.69) is 26.1 Å². The highest BCUT2D eigenvalue weighted by Gasteiger charge is 1.98. The first-order valence-corrected chi connectivity index (χ1v) is 3.00. The van der Waals surface area contributed by atoms with E-state index in [1.54, 1.807) is 12.4 Å². The van der Waals surface area contributed by atoms with Gasteiger partial charge in [0.2, 0.25) is 0 Å². The second-order valence-corrected chi connectivity index (χ2v) is 2.49. The molecule has 0 aliphatic carbocycles. The van der Waals surface area contributed by atoms with Gasteiger partial charge in [0.1, 0.15) is 0 Å². The Morgan fingerprint density at radius 1 is 1.57 bits per heavy atom. The van der Waals surface area contributed by atoms with Gasteiger partial charge in [0, 0.05) is 18.9 Å². The highest BCUT2D eigenvalue weighted by Crippen LogP contribution is 2.02. The predicted octanol–water partition coefficient (Wildman–Crippen LogP) is 1.21. The van der Waals surface area contributed by atoms with Crippen molar-refractivity contribution in [2.45, 2.75) is 11.2 Å². The molecule has 1 unspecified atom stereocenters. The summed E-state index contributed by atoms with van der Waals surface area (Å²) in [6, 6.07) is 0. The lowest BCUT2D eigenvalue weighted by Gasteiger charge is -1.97. The molecule has 3 heteroatoms. The summed E-state index contributed by atoms with van der Waals surface area (Å²) in [5.74, 6) is 0. The van der Waals surface area contributed by atoms with Gasteiger partial charge in [-0.3, -0.25) is 0 Å². The summed E-state index contributed by atoms with van der Waals surface area (Å²) in [4.78, 5) is 0.407. The van der Waals surface area contributed by atoms with Crippen LogP contribution in [0.5, 0.6) is 0 Å². The second-order valence-electron chi connectivity index (χ2n) is 1.31. The summed E-state index contributed by atoms with van der Waals surface area (Å²) in [6.07, 6.45) is 4.53. The first kappa shape index (κ1) is 4.97. The molecule has 1 atom stereocenters. The zero-order chi connectivity index (χ0) is 5.11. The number of rotatable bonds is 0. The molecule has 7 heavy (non-hydrogen) atoms. The molecule has 0 aromatic carbocycles. The van der Waals surface area contributed by atoms with Crippen LogP contribution < -0.4 is 0 Å². The fourth-order valence-corrected chi connectivity index (χ4v) is 0.640. The second kappa shape index (κ2) is 2.21. The fraction of sp³-hybridized carbons (Fsp3) is 0.500. The van der Waals surface area contributed by atoms with Crippen molar-refractivity contribution in [2.75, 3.05) is 0 Å². The van der Waals surface area contributed by atoms with Crippen molar-refractivity contribution < 1.29 is 0 Å². The van der Waals surface area contributed by atoms with Gasteiger partial charge in [0.15, 0.2) is 0 Å². The molecule has 1 aliphatic rings. The summed E-state index contributed by atoms with van der Waals surface area (Å²) in [5, 5.41) is 7.30. The maximum atomic E-state index is 3.66. The maximum Gasteiger partial charge on any atom is 0.0567 e. The molecule has 0 fully saturated rings. The average molecular weight is 161 g/mol. The van der Waals surface area contributed by atoms with Crippen molar-refractivity contribution in [1.29, 1.82) is 0 Å². The molecule has 0 radical (unpaired) electrons. The molecule has 1 aliphatic heterocycles. The fourth-order valence-electron chi connectivity index (χ4n) is 0.367. The predicted molar refractivity (Wildman–Crippen MR) is 34.3 cm³/mol. The molecular formula is C4H5BrN2. The van der Waals surface area contributed by atoms with Crippen molar-refractivity contribution in [2.24, 2.45) is 10.2 Å².